The van der Waals surface area contributed by atoms with Gasteiger partial charge in [-0.25, -0.2) is 4.98 Å². The Kier molecular flexibility index (Phi) is 5.58. The second kappa shape index (κ2) is 8.05. The number of nitrogens with one attached hydrogen (secondary N) is 1. The fraction of sp³-hybridized carbons (Fsp3) is 0.200. The third-order valence-electron chi connectivity index (χ3n) is 4.05. The number of nitrogens with zero attached hydrogens (tertiary/aromatic N) is 1. The highest BCUT2D eigenvalue weighted by Crippen LogP contribution is 2.23. The van der Waals surface area contributed by atoms with E-state index in [2.05, 4.69) is 10.3 Å². The number of hydrogen-bond acceptors (Lipinski definition) is 4. The molecule has 1 amide bonds. The fourth-order valence-corrected chi connectivity index (χ4v) is 3.48. The topological polar surface area (TPSA) is 68.0 Å². The van der Waals surface area contributed by atoms with Crippen LogP contribution in [0.4, 0.5) is 0 Å². The lowest BCUT2D eigenvalue weighted by atomic mass is 9.98. The number of thiazole rings is 1. The first-order chi connectivity index (χ1) is 12.2. The Morgan fingerprint density at radius 3 is 2.16 bits per heavy atom. The third kappa shape index (κ3) is 4.13. The standard InChI is InChI=1S/C20H21N3OS/c1-2-16(21)20-22-17(13-25-20)19(24)23-18(14-9-5-3-6-10-14)15-11-7-4-8-12-15/h3-13,16,18H,2,21H2,1H3,(H,23,24). The summed E-state index contributed by atoms with van der Waals surface area (Å²) >= 11 is 1.43. The highest BCUT2D eigenvalue weighted by Gasteiger charge is 2.20. The molecule has 1 aromatic heterocycles. The van der Waals surface area contributed by atoms with Gasteiger partial charge < -0.3 is 11.1 Å². The van der Waals surface area contributed by atoms with Gasteiger partial charge in [0.15, 0.2) is 0 Å². The van der Waals surface area contributed by atoms with Crippen LogP contribution in [0.25, 0.3) is 0 Å². The maximum absolute atomic E-state index is 12.7. The molecule has 1 heterocycles. The molecule has 5 heteroatoms. The van der Waals surface area contributed by atoms with Gasteiger partial charge in [0.1, 0.15) is 10.7 Å². The van der Waals surface area contributed by atoms with Crippen LogP contribution in [0.5, 0.6) is 0 Å². The molecular weight excluding hydrogens is 330 g/mol. The summed E-state index contributed by atoms with van der Waals surface area (Å²) in [6.45, 7) is 2.01. The van der Waals surface area contributed by atoms with E-state index in [0.29, 0.717) is 5.69 Å². The second-order valence-corrected chi connectivity index (χ2v) is 6.70. The van der Waals surface area contributed by atoms with Gasteiger partial charge in [0, 0.05) is 5.38 Å². The summed E-state index contributed by atoms with van der Waals surface area (Å²) in [7, 11) is 0. The lowest BCUT2D eigenvalue weighted by Gasteiger charge is -2.19. The predicted octanol–water partition coefficient (Wildman–Crippen LogP) is 4.07. The summed E-state index contributed by atoms with van der Waals surface area (Å²) in [4.78, 5) is 17.1. The molecule has 0 aliphatic carbocycles. The Bertz CT molecular complexity index is 778. The van der Waals surface area contributed by atoms with E-state index in [0.717, 1.165) is 22.6 Å². The first-order valence-electron chi connectivity index (χ1n) is 8.30. The quantitative estimate of drug-likeness (QED) is 0.703. The van der Waals surface area contributed by atoms with Gasteiger partial charge in [-0.3, -0.25) is 4.79 Å². The number of benzene rings is 2. The van der Waals surface area contributed by atoms with Crippen LogP contribution >= 0.6 is 11.3 Å². The fourth-order valence-electron chi connectivity index (χ4n) is 2.59. The number of rotatable bonds is 6. The Balaban J connectivity index is 1.85. The van der Waals surface area contributed by atoms with E-state index in [-0.39, 0.29) is 18.0 Å². The van der Waals surface area contributed by atoms with E-state index >= 15 is 0 Å². The summed E-state index contributed by atoms with van der Waals surface area (Å²) in [6, 6.07) is 19.5. The molecule has 3 aromatic rings. The van der Waals surface area contributed by atoms with Crippen molar-refractivity contribution in [3.63, 3.8) is 0 Å². The van der Waals surface area contributed by atoms with Crippen LogP contribution in [0.3, 0.4) is 0 Å². The summed E-state index contributed by atoms with van der Waals surface area (Å²) < 4.78 is 0. The van der Waals surface area contributed by atoms with Crippen LogP contribution in [0.1, 0.15) is 52.1 Å². The van der Waals surface area contributed by atoms with E-state index < -0.39 is 0 Å². The van der Waals surface area contributed by atoms with E-state index in [1.807, 2.05) is 67.6 Å². The zero-order valence-corrected chi connectivity index (χ0v) is 14.9. The van der Waals surface area contributed by atoms with E-state index in [1.54, 1.807) is 5.38 Å². The molecule has 0 bridgehead atoms. The van der Waals surface area contributed by atoms with Gasteiger partial charge in [0.05, 0.1) is 12.1 Å². The van der Waals surface area contributed by atoms with Gasteiger partial charge in [-0.05, 0) is 17.5 Å². The van der Waals surface area contributed by atoms with Crippen molar-refractivity contribution in [2.45, 2.75) is 25.4 Å². The molecule has 25 heavy (non-hydrogen) atoms. The third-order valence-corrected chi connectivity index (χ3v) is 5.03. The van der Waals surface area contributed by atoms with Crippen molar-refractivity contribution < 1.29 is 4.79 Å². The molecule has 0 saturated heterocycles. The van der Waals surface area contributed by atoms with Crippen molar-refractivity contribution in [2.75, 3.05) is 0 Å². The van der Waals surface area contributed by atoms with Crippen LogP contribution in [-0.4, -0.2) is 10.9 Å². The number of amides is 1. The number of nitrogens with two attached hydrogens (primary N) is 1. The van der Waals surface area contributed by atoms with Crippen LogP contribution < -0.4 is 11.1 Å². The average Bonchev–Trinajstić information content (AvgIpc) is 3.17. The molecule has 0 spiro atoms. The Hall–Kier alpha value is -2.50. The largest absolute Gasteiger partial charge is 0.340 e. The van der Waals surface area contributed by atoms with E-state index in [9.17, 15) is 4.79 Å². The molecule has 128 valence electrons. The molecule has 1 unspecified atom stereocenters. The molecule has 3 N–H and O–H groups in total. The summed E-state index contributed by atoms with van der Waals surface area (Å²) in [5.41, 5.74) is 8.49. The number of hydrogen-bond donors (Lipinski definition) is 2. The summed E-state index contributed by atoms with van der Waals surface area (Å²) in [5.74, 6) is -0.191. The van der Waals surface area contributed by atoms with Crippen LogP contribution in [0.2, 0.25) is 0 Å². The number of carbonyl (C=O) groups is 1. The van der Waals surface area contributed by atoms with Crippen molar-refractivity contribution in [1.29, 1.82) is 0 Å². The number of aromatic nitrogens is 1. The molecule has 0 fully saturated rings. The zero-order chi connectivity index (χ0) is 17.6. The van der Waals surface area contributed by atoms with Crippen LogP contribution in [0.15, 0.2) is 66.0 Å². The molecule has 1 atom stereocenters. The van der Waals surface area contributed by atoms with Crippen LogP contribution in [0, 0.1) is 0 Å². The molecule has 0 saturated carbocycles. The van der Waals surface area contributed by atoms with Gasteiger partial charge >= 0.3 is 0 Å². The maximum atomic E-state index is 12.7. The monoisotopic (exact) mass is 351 g/mol. The lowest BCUT2D eigenvalue weighted by molar-refractivity contribution is 0.0938. The Morgan fingerprint density at radius 2 is 1.64 bits per heavy atom. The van der Waals surface area contributed by atoms with E-state index in [4.69, 9.17) is 5.73 Å². The predicted molar refractivity (Wildman–Crippen MR) is 102 cm³/mol. The normalized spacial score (nSPS) is 12.1. The van der Waals surface area contributed by atoms with Crippen molar-refractivity contribution in [3.8, 4) is 0 Å². The average molecular weight is 351 g/mol. The minimum absolute atomic E-state index is 0.120. The highest BCUT2D eigenvalue weighted by molar-refractivity contribution is 7.09. The van der Waals surface area contributed by atoms with Gasteiger partial charge in [-0.15, -0.1) is 11.3 Å². The Morgan fingerprint density at radius 1 is 1.08 bits per heavy atom. The van der Waals surface area contributed by atoms with Gasteiger partial charge in [-0.2, -0.15) is 0 Å². The molecule has 0 radical (unpaired) electrons. The van der Waals surface area contributed by atoms with Crippen molar-refractivity contribution in [2.24, 2.45) is 5.73 Å². The summed E-state index contributed by atoms with van der Waals surface area (Å²) in [5, 5.41) is 5.67. The highest BCUT2D eigenvalue weighted by atomic mass is 32.1. The smallest absolute Gasteiger partial charge is 0.271 e. The Labute approximate surface area is 151 Å². The van der Waals surface area contributed by atoms with Gasteiger partial charge in [-0.1, -0.05) is 67.6 Å². The van der Waals surface area contributed by atoms with Crippen LogP contribution in [-0.2, 0) is 0 Å². The molecule has 2 aromatic carbocycles. The SMILES string of the molecule is CCC(N)c1nc(C(=O)NC(c2ccccc2)c2ccccc2)cs1. The minimum atomic E-state index is -0.222. The molecule has 4 nitrogen and oxygen atoms in total. The maximum Gasteiger partial charge on any atom is 0.271 e. The molecular formula is C20H21N3OS. The van der Waals surface area contributed by atoms with E-state index in [1.165, 1.54) is 11.3 Å². The van der Waals surface area contributed by atoms with Gasteiger partial charge in [0.2, 0.25) is 0 Å². The first-order valence-corrected chi connectivity index (χ1v) is 9.18. The number of carbonyl (C=O) groups excluding carboxylic acids is 1. The molecule has 0 aliphatic heterocycles. The molecule has 0 aliphatic rings. The van der Waals surface area contributed by atoms with Crippen molar-refractivity contribution >= 4 is 17.2 Å². The second-order valence-electron chi connectivity index (χ2n) is 5.81. The first kappa shape index (κ1) is 17.3. The van der Waals surface area contributed by atoms with Crippen molar-refractivity contribution in [1.82, 2.24) is 10.3 Å². The summed E-state index contributed by atoms with van der Waals surface area (Å²) in [6.07, 6.45) is 0.797. The van der Waals surface area contributed by atoms with Crippen molar-refractivity contribution in [3.05, 3.63) is 87.9 Å². The van der Waals surface area contributed by atoms with Gasteiger partial charge in [0.25, 0.3) is 5.91 Å². The zero-order valence-electron chi connectivity index (χ0n) is 14.1. The minimum Gasteiger partial charge on any atom is -0.340 e. The lowest BCUT2D eigenvalue weighted by Crippen LogP contribution is -2.29. The molecule has 3 rings (SSSR count).